The van der Waals surface area contributed by atoms with Gasteiger partial charge in [0.1, 0.15) is 0 Å². The molecule has 0 bridgehead atoms. The Morgan fingerprint density at radius 2 is 2.13 bits per heavy atom. The van der Waals surface area contributed by atoms with Gasteiger partial charge in [-0.25, -0.2) is 9.48 Å². The lowest BCUT2D eigenvalue weighted by Gasteiger charge is -2.19. The van der Waals surface area contributed by atoms with E-state index in [1.807, 2.05) is 0 Å². The van der Waals surface area contributed by atoms with Crippen molar-refractivity contribution in [3.63, 3.8) is 0 Å². The Labute approximate surface area is 136 Å². The normalized spacial score (nSPS) is 21.6. The van der Waals surface area contributed by atoms with E-state index in [4.69, 9.17) is 0 Å². The fourth-order valence-electron chi connectivity index (χ4n) is 3.41. The second-order valence-corrected chi connectivity index (χ2v) is 6.61. The van der Waals surface area contributed by atoms with Crippen molar-refractivity contribution in [3.05, 3.63) is 22.6 Å². The summed E-state index contributed by atoms with van der Waals surface area (Å²) in [5.41, 5.74) is 0.769. The van der Waals surface area contributed by atoms with E-state index in [1.54, 1.807) is 19.3 Å². The molecule has 2 heterocycles. The fourth-order valence-corrected chi connectivity index (χ4v) is 3.41. The Morgan fingerprint density at radius 3 is 2.87 bits per heavy atom. The second-order valence-electron chi connectivity index (χ2n) is 6.61. The van der Waals surface area contributed by atoms with Crippen LogP contribution in [0, 0.1) is 5.92 Å². The third-order valence-corrected chi connectivity index (χ3v) is 4.85. The van der Waals surface area contributed by atoms with Crippen LogP contribution < -0.4 is 21.1 Å². The van der Waals surface area contributed by atoms with Crippen molar-refractivity contribution in [2.24, 2.45) is 13.0 Å². The van der Waals surface area contributed by atoms with Crippen molar-refractivity contribution in [2.45, 2.75) is 38.1 Å². The Kier molecular flexibility index (Phi) is 4.83. The summed E-state index contributed by atoms with van der Waals surface area (Å²) in [5, 5.41) is 10.1. The van der Waals surface area contributed by atoms with E-state index < -0.39 is 0 Å². The largest absolute Gasteiger partial charge is 0.370 e. The summed E-state index contributed by atoms with van der Waals surface area (Å²) in [6, 6.07) is 1.92. The zero-order chi connectivity index (χ0) is 16.2. The molecule has 1 saturated heterocycles. The maximum absolute atomic E-state index is 11.9. The molecule has 7 heteroatoms. The molecule has 1 aliphatic heterocycles. The van der Waals surface area contributed by atoms with Crippen molar-refractivity contribution in [1.29, 1.82) is 0 Å². The first-order chi connectivity index (χ1) is 11.1. The summed E-state index contributed by atoms with van der Waals surface area (Å²) in [6.07, 6.45) is 7.37. The predicted molar refractivity (Wildman–Crippen MR) is 88.6 cm³/mol. The van der Waals surface area contributed by atoms with Crippen LogP contribution in [0.2, 0.25) is 0 Å². The second kappa shape index (κ2) is 7.02. The molecule has 7 nitrogen and oxygen atoms in total. The zero-order valence-electron chi connectivity index (χ0n) is 13.6. The number of hydrogen-bond donors (Lipinski definition) is 2. The summed E-state index contributed by atoms with van der Waals surface area (Å²) < 4.78 is 1.33. The highest BCUT2D eigenvalue weighted by Crippen LogP contribution is 2.21. The molecule has 0 radical (unpaired) electrons. The number of carbonyl (C=O) groups excluding carboxylic acids is 1. The van der Waals surface area contributed by atoms with E-state index in [9.17, 15) is 9.59 Å². The topological polar surface area (TPSA) is 79.3 Å². The lowest BCUT2D eigenvalue weighted by atomic mass is 10.1. The van der Waals surface area contributed by atoms with E-state index in [2.05, 4.69) is 20.6 Å². The summed E-state index contributed by atoms with van der Waals surface area (Å²) in [6.45, 7) is 2.41. The molecule has 3 rings (SSSR count). The molecule has 126 valence electrons. The molecule has 23 heavy (non-hydrogen) atoms. The standard InChI is InChI=1S/C16H25N5O2/c1-20-15(22)8-14(10-18-20)21-7-6-12(11-21)9-17-16(23)19-13-4-2-3-5-13/h8,10,12-13H,2-7,9,11H2,1H3,(H2,17,19,23)/t12-/m1/s1. The molecule has 2 fully saturated rings. The van der Waals surface area contributed by atoms with Crippen LogP contribution in [0.25, 0.3) is 0 Å². The van der Waals surface area contributed by atoms with E-state index >= 15 is 0 Å². The average Bonchev–Trinajstić information content (AvgIpc) is 3.19. The van der Waals surface area contributed by atoms with Gasteiger partial charge in [-0.1, -0.05) is 12.8 Å². The number of nitrogens with one attached hydrogen (secondary N) is 2. The highest BCUT2D eigenvalue weighted by Gasteiger charge is 2.24. The van der Waals surface area contributed by atoms with Crippen molar-refractivity contribution in [2.75, 3.05) is 24.5 Å². The molecule has 1 aliphatic carbocycles. The molecule has 1 aromatic rings. The van der Waals surface area contributed by atoms with E-state index in [0.717, 1.165) is 38.0 Å². The van der Waals surface area contributed by atoms with Crippen molar-refractivity contribution in [1.82, 2.24) is 20.4 Å². The number of aryl methyl sites for hydroxylation is 1. The minimum Gasteiger partial charge on any atom is -0.370 e. The number of urea groups is 1. The van der Waals surface area contributed by atoms with Gasteiger partial charge in [-0.2, -0.15) is 5.10 Å². The highest BCUT2D eigenvalue weighted by molar-refractivity contribution is 5.74. The van der Waals surface area contributed by atoms with Gasteiger partial charge in [-0.15, -0.1) is 0 Å². The molecular formula is C16H25N5O2. The summed E-state index contributed by atoms with van der Waals surface area (Å²) in [5.74, 6) is 0.411. The van der Waals surface area contributed by atoms with Crippen molar-refractivity contribution < 1.29 is 4.79 Å². The number of nitrogens with zero attached hydrogens (tertiary/aromatic N) is 3. The maximum Gasteiger partial charge on any atom is 0.315 e. The van der Waals surface area contributed by atoms with Gasteiger partial charge in [-0.3, -0.25) is 4.79 Å². The van der Waals surface area contributed by atoms with Gasteiger partial charge >= 0.3 is 6.03 Å². The first kappa shape index (κ1) is 15.8. The molecular weight excluding hydrogens is 294 g/mol. The quantitative estimate of drug-likeness (QED) is 0.862. The summed E-state index contributed by atoms with van der Waals surface area (Å²) >= 11 is 0. The number of rotatable bonds is 4. The molecule has 2 amide bonds. The number of amides is 2. The van der Waals surface area contributed by atoms with Gasteiger partial charge in [0.2, 0.25) is 0 Å². The smallest absolute Gasteiger partial charge is 0.315 e. The van der Waals surface area contributed by atoms with Crippen LogP contribution in [0.3, 0.4) is 0 Å². The van der Waals surface area contributed by atoms with E-state index in [-0.39, 0.29) is 11.6 Å². The molecule has 0 spiro atoms. The van der Waals surface area contributed by atoms with Gasteiger partial charge in [-0.05, 0) is 25.2 Å². The fraction of sp³-hybridized carbons (Fsp3) is 0.688. The average molecular weight is 319 g/mol. The Bertz CT molecular complexity index is 609. The molecule has 2 N–H and O–H groups in total. The van der Waals surface area contributed by atoms with Gasteiger partial charge in [0.15, 0.2) is 0 Å². The predicted octanol–water partition coefficient (Wildman–Crippen LogP) is 0.848. The van der Waals surface area contributed by atoms with Crippen LogP contribution in [0.15, 0.2) is 17.1 Å². The van der Waals surface area contributed by atoms with Gasteiger partial charge in [0.05, 0.1) is 11.9 Å². The maximum atomic E-state index is 11.9. The molecule has 1 atom stereocenters. The SMILES string of the molecule is Cn1ncc(N2CC[C@H](CNC(=O)NC3CCCC3)C2)cc1=O. The van der Waals surface area contributed by atoms with Gasteiger partial charge in [0.25, 0.3) is 5.56 Å². The van der Waals surface area contributed by atoms with Crippen molar-refractivity contribution in [3.8, 4) is 0 Å². The third-order valence-electron chi connectivity index (χ3n) is 4.85. The zero-order valence-corrected chi connectivity index (χ0v) is 13.6. The Balaban J connectivity index is 1.45. The number of anilines is 1. The first-order valence-electron chi connectivity index (χ1n) is 8.44. The van der Waals surface area contributed by atoms with Gasteiger partial charge in [0, 0.05) is 38.8 Å². The minimum atomic E-state index is -0.0972. The van der Waals surface area contributed by atoms with Crippen LogP contribution in [0.1, 0.15) is 32.1 Å². The number of hydrogen-bond acceptors (Lipinski definition) is 4. The Hall–Kier alpha value is -2.05. The monoisotopic (exact) mass is 319 g/mol. The molecule has 1 saturated carbocycles. The number of aromatic nitrogens is 2. The minimum absolute atomic E-state index is 0.0504. The third kappa shape index (κ3) is 4.03. The lowest BCUT2D eigenvalue weighted by Crippen LogP contribution is -2.43. The van der Waals surface area contributed by atoms with Crippen LogP contribution >= 0.6 is 0 Å². The molecule has 0 aromatic carbocycles. The number of carbonyl (C=O) groups is 1. The summed E-state index contributed by atoms with van der Waals surface area (Å²) in [4.78, 5) is 25.7. The first-order valence-corrected chi connectivity index (χ1v) is 8.44. The van der Waals surface area contributed by atoms with E-state index in [1.165, 1.54) is 17.5 Å². The van der Waals surface area contributed by atoms with Crippen LogP contribution in [-0.4, -0.2) is 41.5 Å². The molecule has 1 aromatic heterocycles. The Morgan fingerprint density at radius 1 is 1.35 bits per heavy atom. The van der Waals surface area contributed by atoms with Gasteiger partial charge < -0.3 is 15.5 Å². The van der Waals surface area contributed by atoms with Crippen LogP contribution in [0.4, 0.5) is 10.5 Å². The summed E-state index contributed by atoms with van der Waals surface area (Å²) in [7, 11) is 1.64. The molecule has 0 unspecified atom stereocenters. The molecule has 2 aliphatic rings. The highest BCUT2D eigenvalue weighted by atomic mass is 16.2. The van der Waals surface area contributed by atoms with Crippen molar-refractivity contribution >= 4 is 11.7 Å². The van der Waals surface area contributed by atoms with E-state index in [0.29, 0.717) is 18.5 Å². The van der Waals surface area contributed by atoms with Crippen LogP contribution in [0.5, 0.6) is 0 Å². The van der Waals surface area contributed by atoms with Crippen LogP contribution in [-0.2, 0) is 7.05 Å². The lowest BCUT2D eigenvalue weighted by molar-refractivity contribution is 0.235.